The zero-order chi connectivity index (χ0) is 12.4. The quantitative estimate of drug-likeness (QED) is 0.658. The Bertz CT molecular complexity index is 600. The summed E-state index contributed by atoms with van der Waals surface area (Å²) in [5.74, 6) is 0. The molecule has 18 heavy (non-hydrogen) atoms. The van der Waals surface area contributed by atoms with E-state index >= 15 is 0 Å². The van der Waals surface area contributed by atoms with Gasteiger partial charge in [0.2, 0.25) is 0 Å². The number of rotatable bonds is 2. The second-order valence-corrected chi connectivity index (χ2v) is 5.77. The van der Waals surface area contributed by atoms with Gasteiger partial charge >= 0.3 is 0 Å². The summed E-state index contributed by atoms with van der Waals surface area (Å²) in [7, 11) is 0. The molecule has 0 unspecified atom stereocenters. The third-order valence-electron chi connectivity index (χ3n) is 3.26. The highest BCUT2D eigenvalue weighted by atomic mass is 32.1. The van der Waals surface area contributed by atoms with Gasteiger partial charge in [0, 0.05) is 9.75 Å². The van der Waals surface area contributed by atoms with Crippen LogP contribution in [0.4, 0.5) is 0 Å². The van der Waals surface area contributed by atoms with E-state index in [2.05, 4.69) is 61.5 Å². The van der Waals surface area contributed by atoms with E-state index in [-0.39, 0.29) is 0 Å². The first-order valence-electron chi connectivity index (χ1n) is 6.36. The van der Waals surface area contributed by atoms with Gasteiger partial charge in [-0.3, -0.25) is 0 Å². The van der Waals surface area contributed by atoms with Crippen molar-refractivity contribution in [3.63, 3.8) is 0 Å². The molecule has 0 spiro atoms. The van der Waals surface area contributed by atoms with Crippen molar-refractivity contribution in [1.29, 1.82) is 0 Å². The minimum absolute atomic E-state index is 1.17. The average molecular weight is 252 g/mol. The van der Waals surface area contributed by atoms with Crippen LogP contribution in [0.25, 0.3) is 16.0 Å². The summed E-state index contributed by atoms with van der Waals surface area (Å²) < 4.78 is 0. The average Bonchev–Trinajstić information content (AvgIpc) is 2.89. The molecular formula is C17H16S. The lowest BCUT2D eigenvalue weighted by Gasteiger charge is -2.09. The minimum Gasteiger partial charge on any atom is -0.136 e. The van der Waals surface area contributed by atoms with E-state index < -0.39 is 0 Å². The molecule has 0 radical (unpaired) electrons. The van der Waals surface area contributed by atoms with Crippen LogP contribution in [0.2, 0.25) is 0 Å². The predicted molar refractivity (Wildman–Crippen MR) is 80.7 cm³/mol. The second-order valence-electron chi connectivity index (χ2n) is 4.69. The van der Waals surface area contributed by atoms with Crippen LogP contribution in [0, 0.1) is 0 Å². The Hall–Kier alpha value is -1.60. The van der Waals surface area contributed by atoms with Crippen LogP contribution in [0.15, 0.2) is 60.2 Å². The molecule has 0 fully saturated rings. The maximum Gasteiger partial charge on any atom is 0.0349 e. The number of allylic oxidation sites excluding steroid dienone is 4. The summed E-state index contributed by atoms with van der Waals surface area (Å²) in [6.07, 6.45) is 6.99. The van der Waals surface area contributed by atoms with Crippen LogP contribution < -0.4 is 0 Å². The van der Waals surface area contributed by atoms with Crippen molar-refractivity contribution in [2.24, 2.45) is 0 Å². The first-order valence-corrected chi connectivity index (χ1v) is 7.17. The standard InChI is InChI=1S/C17H16S/c1-13-6-5-9-15(12-13)17-11-10-16(18-17)14-7-3-2-4-8-14/h2-4,6-8,10-12H,5,9H2,1H3. The van der Waals surface area contributed by atoms with Gasteiger partial charge < -0.3 is 0 Å². The topological polar surface area (TPSA) is 0 Å². The molecule has 1 heteroatoms. The summed E-state index contributed by atoms with van der Waals surface area (Å²) in [6.45, 7) is 2.19. The molecule has 0 bridgehead atoms. The molecule has 90 valence electrons. The summed E-state index contributed by atoms with van der Waals surface area (Å²) in [5.41, 5.74) is 4.20. The molecule has 0 N–H and O–H groups in total. The van der Waals surface area contributed by atoms with Gasteiger partial charge in [-0.25, -0.2) is 0 Å². The molecule has 0 saturated carbocycles. The number of hydrogen-bond acceptors (Lipinski definition) is 1. The van der Waals surface area contributed by atoms with Crippen LogP contribution in [-0.2, 0) is 0 Å². The van der Waals surface area contributed by atoms with Crippen LogP contribution >= 0.6 is 11.3 Å². The highest BCUT2D eigenvalue weighted by molar-refractivity contribution is 7.16. The molecule has 0 nitrogen and oxygen atoms in total. The lowest BCUT2D eigenvalue weighted by atomic mass is 9.99. The highest BCUT2D eigenvalue weighted by Crippen LogP contribution is 2.35. The fourth-order valence-corrected chi connectivity index (χ4v) is 3.38. The van der Waals surface area contributed by atoms with Gasteiger partial charge in [0.15, 0.2) is 0 Å². The molecular weight excluding hydrogens is 236 g/mol. The monoisotopic (exact) mass is 252 g/mol. The van der Waals surface area contributed by atoms with E-state index in [0.29, 0.717) is 0 Å². The molecule has 1 aliphatic rings. The summed E-state index contributed by atoms with van der Waals surface area (Å²) in [4.78, 5) is 2.78. The molecule has 1 aromatic carbocycles. The molecule has 3 rings (SSSR count). The minimum atomic E-state index is 1.17. The third-order valence-corrected chi connectivity index (χ3v) is 4.47. The smallest absolute Gasteiger partial charge is 0.0349 e. The Morgan fingerprint density at radius 2 is 1.72 bits per heavy atom. The molecule has 2 aromatic rings. The SMILES string of the molecule is CC1=CCCC(c2ccc(-c3ccccc3)s2)=C1. The highest BCUT2D eigenvalue weighted by Gasteiger charge is 2.09. The number of benzene rings is 1. The largest absolute Gasteiger partial charge is 0.136 e. The Kier molecular flexibility index (Phi) is 3.16. The van der Waals surface area contributed by atoms with Crippen molar-refractivity contribution in [3.05, 3.63) is 65.1 Å². The van der Waals surface area contributed by atoms with Crippen molar-refractivity contribution in [1.82, 2.24) is 0 Å². The lowest BCUT2D eigenvalue weighted by molar-refractivity contribution is 1.04. The van der Waals surface area contributed by atoms with Crippen molar-refractivity contribution in [2.75, 3.05) is 0 Å². The lowest BCUT2D eigenvalue weighted by Crippen LogP contribution is -1.87. The Balaban J connectivity index is 1.93. The zero-order valence-electron chi connectivity index (χ0n) is 10.5. The van der Waals surface area contributed by atoms with Crippen LogP contribution in [0.5, 0.6) is 0 Å². The van der Waals surface area contributed by atoms with Crippen LogP contribution in [0.1, 0.15) is 24.6 Å². The molecule has 0 atom stereocenters. The van der Waals surface area contributed by atoms with Crippen LogP contribution in [0.3, 0.4) is 0 Å². The normalized spacial score (nSPS) is 15.2. The summed E-state index contributed by atoms with van der Waals surface area (Å²) in [6, 6.07) is 15.1. The summed E-state index contributed by atoms with van der Waals surface area (Å²) >= 11 is 1.90. The summed E-state index contributed by atoms with van der Waals surface area (Å²) in [5, 5.41) is 0. The predicted octanol–water partition coefficient (Wildman–Crippen LogP) is 5.54. The zero-order valence-corrected chi connectivity index (χ0v) is 11.3. The van der Waals surface area contributed by atoms with E-state index in [1.165, 1.54) is 39.3 Å². The van der Waals surface area contributed by atoms with E-state index in [1.807, 2.05) is 11.3 Å². The van der Waals surface area contributed by atoms with Crippen LogP contribution in [-0.4, -0.2) is 0 Å². The molecule has 0 saturated heterocycles. The van der Waals surface area contributed by atoms with Gasteiger partial charge in [-0.2, -0.15) is 0 Å². The fraction of sp³-hybridized carbons (Fsp3) is 0.176. The first-order chi connectivity index (χ1) is 8.83. The Morgan fingerprint density at radius 1 is 0.944 bits per heavy atom. The van der Waals surface area contributed by atoms with Crippen molar-refractivity contribution < 1.29 is 0 Å². The van der Waals surface area contributed by atoms with Crippen molar-refractivity contribution >= 4 is 16.9 Å². The van der Waals surface area contributed by atoms with Crippen molar-refractivity contribution in [3.8, 4) is 10.4 Å². The van der Waals surface area contributed by atoms with Gasteiger partial charge in [0.05, 0.1) is 0 Å². The number of hydrogen-bond donors (Lipinski definition) is 0. The molecule has 1 heterocycles. The first kappa shape index (κ1) is 11.5. The maximum atomic E-state index is 2.32. The van der Waals surface area contributed by atoms with Gasteiger partial charge in [-0.05, 0) is 43.0 Å². The maximum absolute atomic E-state index is 2.32. The molecule has 1 aromatic heterocycles. The second kappa shape index (κ2) is 4.95. The Labute approximate surface area is 112 Å². The van der Waals surface area contributed by atoms with Gasteiger partial charge in [-0.15, -0.1) is 11.3 Å². The fourth-order valence-electron chi connectivity index (χ4n) is 2.32. The van der Waals surface area contributed by atoms with Crippen molar-refractivity contribution in [2.45, 2.75) is 19.8 Å². The van der Waals surface area contributed by atoms with E-state index in [0.717, 1.165) is 0 Å². The van der Waals surface area contributed by atoms with Gasteiger partial charge in [0.1, 0.15) is 0 Å². The molecule has 1 aliphatic carbocycles. The van der Waals surface area contributed by atoms with Gasteiger partial charge in [-0.1, -0.05) is 48.1 Å². The molecule has 0 amide bonds. The van der Waals surface area contributed by atoms with E-state index in [1.54, 1.807) is 0 Å². The third kappa shape index (κ3) is 2.32. The van der Waals surface area contributed by atoms with E-state index in [4.69, 9.17) is 0 Å². The van der Waals surface area contributed by atoms with Gasteiger partial charge in [0.25, 0.3) is 0 Å². The molecule has 0 aliphatic heterocycles. The van der Waals surface area contributed by atoms with E-state index in [9.17, 15) is 0 Å². The number of thiophene rings is 1. The Morgan fingerprint density at radius 3 is 2.50 bits per heavy atom.